The molecule has 2 unspecified atom stereocenters. The Kier molecular flexibility index (Phi) is 6.33. The minimum absolute atomic E-state index is 0.495. The molecule has 1 aliphatic heterocycles. The fourth-order valence-electron chi connectivity index (χ4n) is 2.80. The van der Waals surface area contributed by atoms with E-state index in [0.29, 0.717) is 12.0 Å². The lowest BCUT2D eigenvalue weighted by atomic mass is 9.94. The molecular weight excluding hydrogens is 318 g/mol. The van der Waals surface area contributed by atoms with Crippen LogP contribution in [0.5, 0.6) is 5.75 Å². The smallest absolute Gasteiger partial charge is 0.119 e. The van der Waals surface area contributed by atoms with Crippen molar-refractivity contribution in [2.45, 2.75) is 32.2 Å². The van der Waals surface area contributed by atoms with Gasteiger partial charge in [0.05, 0.1) is 7.11 Å². The number of hydrogen-bond acceptors (Lipinski definition) is 3. The summed E-state index contributed by atoms with van der Waals surface area (Å²) in [4.78, 5) is 0. The summed E-state index contributed by atoms with van der Waals surface area (Å²) in [6, 6.07) is 6.67. The Hall–Kier alpha value is -0.580. The number of benzene rings is 1. The molecule has 1 heterocycles. The molecule has 1 saturated heterocycles. The zero-order valence-electron chi connectivity index (χ0n) is 12.3. The van der Waals surface area contributed by atoms with Gasteiger partial charge in [-0.1, -0.05) is 22.9 Å². The molecule has 0 spiro atoms. The Morgan fingerprint density at radius 3 is 3.00 bits per heavy atom. The molecule has 1 aliphatic rings. The van der Waals surface area contributed by atoms with Gasteiger partial charge in [0.1, 0.15) is 5.75 Å². The van der Waals surface area contributed by atoms with Crippen molar-refractivity contribution in [1.82, 2.24) is 5.32 Å². The van der Waals surface area contributed by atoms with Crippen molar-refractivity contribution >= 4 is 15.9 Å². The van der Waals surface area contributed by atoms with Crippen LogP contribution >= 0.6 is 15.9 Å². The van der Waals surface area contributed by atoms with E-state index in [-0.39, 0.29) is 0 Å². The van der Waals surface area contributed by atoms with Crippen LogP contribution in [0.25, 0.3) is 0 Å². The van der Waals surface area contributed by atoms with Crippen molar-refractivity contribution in [3.8, 4) is 5.75 Å². The summed E-state index contributed by atoms with van der Waals surface area (Å²) >= 11 is 3.64. The fourth-order valence-corrected chi connectivity index (χ4v) is 3.21. The molecule has 0 aromatic heterocycles. The molecular formula is C16H24BrNO2. The highest BCUT2D eigenvalue weighted by Crippen LogP contribution is 2.26. The third-order valence-electron chi connectivity index (χ3n) is 3.85. The Balaban J connectivity index is 2.02. The van der Waals surface area contributed by atoms with E-state index >= 15 is 0 Å². The van der Waals surface area contributed by atoms with Gasteiger partial charge >= 0.3 is 0 Å². The van der Waals surface area contributed by atoms with E-state index < -0.39 is 0 Å². The minimum Gasteiger partial charge on any atom is -0.497 e. The number of methoxy groups -OCH3 is 1. The number of likely N-dealkylation sites (N-methyl/N-ethyl adjacent to an activating group) is 1. The van der Waals surface area contributed by atoms with Gasteiger partial charge in [-0.15, -0.1) is 0 Å². The maximum atomic E-state index is 5.49. The van der Waals surface area contributed by atoms with Crippen molar-refractivity contribution in [2.24, 2.45) is 5.92 Å². The first-order valence-corrected chi connectivity index (χ1v) is 8.15. The van der Waals surface area contributed by atoms with Gasteiger partial charge in [-0.25, -0.2) is 0 Å². The molecule has 112 valence electrons. The number of hydrogen-bond donors (Lipinski definition) is 1. The second-order valence-electron chi connectivity index (χ2n) is 5.38. The standard InChI is InChI=1S/C16H24BrNO2/c1-3-18-14(8-12-6-7-20-11-12)9-13-10-15(19-2)4-5-16(13)17/h4-5,10,12,14,18H,3,6-9,11H2,1-2H3. The Morgan fingerprint density at radius 2 is 2.35 bits per heavy atom. The summed E-state index contributed by atoms with van der Waals surface area (Å²) < 4.78 is 12.0. The molecule has 20 heavy (non-hydrogen) atoms. The summed E-state index contributed by atoms with van der Waals surface area (Å²) in [6.07, 6.45) is 3.39. The fraction of sp³-hybridized carbons (Fsp3) is 0.625. The molecule has 0 saturated carbocycles. The molecule has 1 fully saturated rings. The molecule has 3 nitrogen and oxygen atoms in total. The molecule has 0 aliphatic carbocycles. The summed E-state index contributed by atoms with van der Waals surface area (Å²) in [7, 11) is 1.71. The van der Waals surface area contributed by atoms with Gasteiger partial charge in [-0.3, -0.25) is 0 Å². The molecule has 2 rings (SSSR count). The largest absolute Gasteiger partial charge is 0.497 e. The first-order valence-electron chi connectivity index (χ1n) is 7.36. The van der Waals surface area contributed by atoms with Crippen molar-refractivity contribution in [2.75, 3.05) is 26.9 Å². The molecule has 1 aromatic carbocycles. The third-order valence-corrected chi connectivity index (χ3v) is 4.63. The topological polar surface area (TPSA) is 30.5 Å². The first kappa shape index (κ1) is 15.8. The number of nitrogens with one attached hydrogen (secondary N) is 1. The zero-order chi connectivity index (χ0) is 14.4. The van der Waals surface area contributed by atoms with Gasteiger partial charge in [0.2, 0.25) is 0 Å². The van der Waals surface area contributed by atoms with Crippen LogP contribution in [0.2, 0.25) is 0 Å². The van der Waals surface area contributed by atoms with Crippen LogP contribution in [0.1, 0.15) is 25.3 Å². The van der Waals surface area contributed by atoms with E-state index in [9.17, 15) is 0 Å². The van der Waals surface area contributed by atoms with Gasteiger partial charge < -0.3 is 14.8 Å². The van der Waals surface area contributed by atoms with Gasteiger partial charge in [0, 0.05) is 23.7 Å². The van der Waals surface area contributed by atoms with Crippen molar-refractivity contribution in [3.63, 3.8) is 0 Å². The summed E-state index contributed by atoms with van der Waals surface area (Å²) in [5.41, 5.74) is 1.30. The second kappa shape index (κ2) is 8.01. The Bertz CT molecular complexity index is 419. The van der Waals surface area contributed by atoms with Crippen LogP contribution in [-0.4, -0.2) is 32.9 Å². The van der Waals surface area contributed by atoms with Crippen LogP contribution in [-0.2, 0) is 11.2 Å². The van der Waals surface area contributed by atoms with Crippen LogP contribution in [0.4, 0.5) is 0 Å². The lowest BCUT2D eigenvalue weighted by Gasteiger charge is -2.21. The van der Waals surface area contributed by atoms with E-state index in [0.717, 1.165) is 36.4 Å². The van der Waals surface area contributed by atoms with E-state index in [1.165, 1.54) is 18.4 Å². The van der Waals surface area contributed by atoms with Gasteiger partial charge in [0.25, 0.3) is 0 Å². The Labute approximate surface area is 130 Å². The molecule has 0 radical (unpaired) electrons. The van der Waals surface area contributed by atoms with E-state index in [1.807, 2.05) is 6.07 Å². The van der Waals surface area contributed by atoms with Gasteiger partial charge in [-0.2, -0.15) is 0 Å². The minimum atomic E-state index is 0.495. The SMILES string of the molecule is CCNC(Cc1cc(OC)ccc1Br)CC1CCOC1. The monoisotopic (exact) mass is 341 g/mol. The highest BCUT2D eigenvalue weighted by atomic mass is 79.9. The quantitative estimate of drug-likeness (QED) is 0.824. The van der Waals surface area contributed by atoms with Crippen molar-refractivity contribution in [3.05, 3.63) is 28.2 Å². The van der Waals surface area contributed by atoms with Crippen molar-refractivity contribution in [1.29, 1.82) is 0 Å². The third kappa shape index (κ3) is 4.47. The predicted octanol–water partition coefficient (Wildman–Crippen LogP) is 3.40. The molecule has 0 bridgehead atoms. The number of ether oxygens (including phenoxy) is 2. The van der Waals surface area contributed by atoms with Crippen molar-refractivity contribution < 1.29 is 9.47 Å². The molecule has 1 aromatic rings. The first-order chi connectivity index (χ1) is 9.72. The van der Waals surface area contributed by atoms with Crippen LogP contribution in [0.15, 0.2) is 22.7 Å². The normalized spacial score (nSPS) is 20.1. The van der Waals surface area contributed by atoms with Crippen LogP contribution < -0.4 is 10.1 Å². The molecule has 1 N–H and O–H groups in total. The predicted molar refractivity (Wildman–Crippen MR) is 85.4 cm³/mol. The molecule has 4 heteroatoms. The lowest BCUT2D eigenvalue weighted by Crippen LogP contribution is -2.33. The van der Waals surface area contributed by atoms with E-state index in [4.69, 9.17) is 9.47 Å². The van der Waals surface area contributed by atoms with Crippen LogP contribution in [0, 0.1) is 5.92 Å². The number of halogens is 1. The second-order valence-corrected chi connectivity index (χ2v) is 6.24. The highest BCUT2D eigenvalue weighted by molar-refractivity contribution is 9.10. The average Bonchev–Trinajstić information content (AvgIpc) is 2.94. The highest BCUT2D eigenvalue weighted by Gasteiger charge is 2.21. The van der Waals surface area contributed by atoms with Gasteiger partial charge in [-0.05, 0) is 55.5 Å². The zero-order valence-corrected chi connectivity index (χ0v) is 13.9. The number of rotatable bonds is 7. The maximum absolute atomic E-state index is 5.49. The Morgan fingerprint density at radius 1 is 1.50 bits per heavy atom. The summed E-state index contributed by atoms with van der Waals surface area (Å²) in [5.74, 6) is 1.62. The average molecular weight is 342 g/mol. The maximum Gasteiger partial charge on any atom is 0.119 e. The van der Waals surface area contributed by atoms with Crippen LogP contribution in [0.3, 0.4) is 0 Å². The molecule has 0 amide bonds. The van der Waals surface area contributed by atoms with E-state index in [2.05, 4.69) is 40.3 Å². The molecule has 2 atom stereocenters. The van der Waals surface area contributed by atoms with E-state index in [1.54, 1.807) is 7.11 Å². The summed E-state index contributed by atoms with van der Waals surface area (Å²) in [6.45, 7) is 5.01. The summed E-state index contributed by atoms with van der Waals surface area (Å²) in [5, 5.41) is 3.61. The van der Waals surface area contributed by atoms with Gasteiger partial charge in [0.15, 0.2) is 0 Å². The lowest BCUT2D eigenvalue weighted by molar-refractivity contribution is 0.181.